The minimum atomic E-state index is 0.835. The van der Waals surface area contributed by atoms with Crippen LogP contribution in [0.3, 0.4) is 0 Å². The van der Waals surface area contributed by atoms with Crippen molar-refractivity contribution in [3.05, 3.63) is 24.3 Å². The molecule has 1 aliphatic heterocycles. The van der Waals surface area contributed by atoms with Crippen LogP contribution in [0.25, 0.3) is 0 Å². The Morgan fingerprint density at radius 2 is 2.06 bits per heavy atom. The van der Waals surface area contributed by atoms with Gasteiger partial charge in [-0.1, -0.05) is 6.92 Å². The zero-order valence-corrected chi connectivity index (χ0v) is 10.4. The Hall–Kier alpha value is -1.18. The summed E-state index contributed by atoms with van der Waals surface area (Å²) < 4.78 is 0. The highest BCUT2D eigenvalue weighted by molar-refractivity contribution is 5.55. The topological polar surface area (TPSA) is 15.3 Å². The van der Waals surface area contributed by atoms with Crippen LogP contribution in [0.5, 0.6) is 0 Å². The molecule has 1 unspecified atom stereocenters. The van der Waals surface area contributed by atoms with E-state index in [9.17, 15) is 0 Å². The van der Waals surface area contributed by atoms with Crippen LogP contribution in [0.2, 0.25) is 0 Å². The Labute approximate surface area is 98.7 Å². The summed E-state index contributed by atoms with van der Waals surface area (Å²) in [5.74, 6) is 0.835. The highest BCUT2D eigenvalue weighted by atomic mass is 15.1. The molecule has 1 saturated heterocycles. The molecule has 0 aromatic heterocycles. The average molecular weight is 218 g/mol. The predicted molar refractivity (Wildman–Crippen MR) is 71.2 cm³/mol. The molecule has 0 spiro atoms. The van der Waals surface area contributed by atoms with Gasteiger partial charge in [0.15, 0.2) is 0 Å². The summed E-state index contributed by atoms with van der Waals surface area (Å²) in [6, 6.07) is 8.82. The van der Waals surface area contributed by atoms with E-state index in [4.69, 9.17) is 0 Å². The van der Waals surface area contributed by atoms with Crippen molar-refractivity contribution in [1.29, 1.82) is 0 Å². The monoisotopic (exact) mass is 218 g/mol. The van der Waals surface area contributed by atoms with E-state index in [1.54, 1.807) is 0 Å². The number of nitrogens with zero attached hydrogens (tertiary/aromatic N) is 1. The highest BCUT2D eigenvalue weighted by Crippen LogP contribution is 2.24. The fourth-order valence-electron chi connectivity index (χ4n) is 2.42. The first-order chi connectivity index (χ1) is 7.79. The quantitative estimate of drug-likeness (QED) is 0.837. The van der Waals surface area contributed by atoms with Crippen LogP contribution in [-0.2, 0) is 0 Å². The normalized spacial score (nSPS) is 20.9. The number of hydrogen-bond acceptors (Lipinski definition) is 2. The van der Waals surface area contributed by atoms with Crippen LogP contribution in [0.1, 0.15) is 26.7 Å². The van der Waals surface area contributed by atoms with E-state index in [1.165, 1.54) is 37.3 Å². The zero-order chi connectivity index (χ0) is 11.4. The Morgan fingerprint density at radius 3 is 2.69 bits per heavy atom. The maximum atomic E-state index is 3.33. The van der Waals surface area contributed by atoms with Crippen molar-refractivity contribution in [2.45, 2.75) is 26.7 Å². The summed E-state index contributed by atoms with van der Waals surface area (Å²) in [5.41, 5.74) is 2.59. The first kappa shape index (κ1) is 11.3. The first-order valence-electron chi connectivity index (χ1n) is 6.38. The van der Waals surface area contributed by atoms with Crippen LogP contribution < -0.4 is 10.2 Å². The first-order valence-corrected chi connectivity index (χ1v) is 6.38. The predicted octanol–water partition coefficient (Wildman–Crippen LogP) is 3.35. The van der Waals surface area contributed by atoms with Gasteiger partial charge in [-0.05, 0) is 49.9 Å². The Bertz CT molecular complexity index is 318. The van der Waals surface area contributed by atoms with Gasteiger partial charge in [-0.3, -0.25) is 0 Å². The Balaban J connectivity index is 2.03. The molecule has 0 amide bonds. The molecule has 0 saturated carbocycles. The fraction of sp³-hybridized carbons (Fsp3) is 0.571. The van der Waals surface area contributed by atoms with Gasteiger partial charge >= 0.3 is 0 Å². The molecule has 2 nitrogen and oxygen atoms in total. The Morgan fingerprint density at radius 1 is 1.31 bits per heavy atom. The summed E-state index contributed by atoms with van der Waals surface area (Å²) in [7, 11) is 0. The van der Waals surface area contributed by atoms with E-state index in [0.717, 1.165) is 12.5 Å². The maximum absolute atomic E-state index is 3.33. The van der Waals surface area contributed by atoms with Crippen LogP contribution in [-0.4, -0.2) is 19.6 Å². The third kappa shape index (κ3) is 2.69. The SMILES string of the molecule is CCNc1ccc(N2CCCC(C)C2)cc1. The smallest absolute Gasteiger partial charge is 0.0367 e. The molecule has 88 valence electrons. The second-order valence-corrected chi connectivity index (χ2v) is 4.77. The second kappa shape index (κ2) is 5.24. The molecule has 1 N–H and O–H groups in total. The standard InChI is InChI=1S/C14H22N2/c1-3-15-13-6-8-14(9-7-13)16-10-4-5-12(2)11-16/h6-9,12,15H,3-5,10-11H2,1-2H3. The van der Waals surface area contributed by atoms with Crippen molar-refractivity contribution >= 4 is 11.4 Å². The van der Waals surface area contributed by atoms with Crippen molar-refractivity contribution < 1.29 is 0 Å². The molecule has 1 atom stereocenters. The lowest BCUT2D eigenvalue weighted by Gasteiger charge is -2.32. The van der Waals surface area contributed by atoms with Gasteiger partial charge in [0.2, 0.25) is 0 Å². The van der Waals surface area contributed by atoms with E-state index in [1.807, 2.05) is 0 Å². The van der Waals surface area contributed by atoms with Gasteiger partial charge in [-0.15, -0.1) is 0 Å². The van der Waals surface area contributed by atoms with Crippen molar-refractivity contribution in [1.82, 2.24) is 0 Å². The lowest BCUT2D eigenvalue weighted by Crippen LogP contribution is -2.34. The third-order valence-corrected chi connectivity index (χ3v) is 3.27. The van der Waals surface area contributed by atoms with Crippen LogP contribution in [0.4, 0.5) is 11.4 Å². The van der Waals surface area contributed by atoms with Crippen LogP contribution >= 0.6 is 0 Å². The lowest BCUT2D eigenvalue weighted by atomic mass is 10.00. The molecule has 1 aromatic carbocycles. The largest absolute Gasteiger partial charge is 0.385 e. The molecule has 1 aliphatic rings. The molecule has 16 heavy (non-hydrogen) atoms. The molecular formula is C14H22N2. The molecular weight excluding hydrogens is 196 g/mol. The fourth-order valence-corrected chi connectivity index (χ4v) is 2.42. The van der Waals surface area contributed by atoms with Gasteiger partial charge in [0.05, 0.1) is 0 Å². The second-order valence-electron chi connectivity index (χ2n) is 4.77. The number of nitrogens with one attached hydrogen (secondary N) is 1. The van der Waals surface area contributed by atoms with Gasteiger partial charge in [-0.2, -0.15) is 0 Å². The zero-order valence-electron chi connectivity index (χ0n) is 10.4. The number of anilines is 2. The Kier molecular flexibility index (Phi) is 3.70. The van der Waals surface area contributed by atoms with Crippen LogP contribution in [0.15, 0.2) is 24.3 Å². The summed E-state index contributed by atoms with van der Waals surface area (Å²) in [6.45, 7) is 7.88. The van der Waals surface area contributed by atoms with E-state index in [2.05, 4.69) is 48.3 Å². The van der Waals surface area contributed by atoms with Crippen molar-refractivity contribution in [3.63, 3.8) is 0 Å². The van der Waals surface area contributed by atoms with Gasteiger partial charge in [-0.25, -0.2) is 0 Å². The molecule has 1 fully saturated rings. The van der Waals surface area contributed by atoms with E-state index >= 15 is 0 Å². The summed E-state index contributed by atoms with van der Waals surface area (Å²) in [5, 5.41) is 3.33. The number of hydrogen-bond donors (Lipinski definition) is 1. The van der Waals surface area contributed by atoms with Crippen molar-refractivity contribution in [3.8, 4) is 0 Å². The molecule has 1 aromatic rings. The number of benzene rings is 1. The highest BCUT2D eigenvalue weighted by Gasteiger charge is 2.16. The van der Waals surface area contributed by atoms with Crippen molar-refractivity contribution in [2.24, 2.45) is 5.92 Å². The van der Waals surface area contributed by atoms with Gasteiger partial charge < -0.3 is 10.2 Å². The summed E-state index contributed by atoms with van der Waals surface area (Å²) >= 11 is 0. The molecule has 0 aliphatic carbocycles. The molecule has 0 bridgehead atoms. The summed E-state index contributed by atoms with van der Waals surface area (Å²) in [6.07, 6.45) is 2.71. The van der Waals surface area contributed by atoms with Crippen LogP contribution in [0, 0.1) is 5.92 Å². The van der Waals surface area contributed by atoms with E-state index in [0.29, 0.717) is 0 Å². The minimum absolute atomic E-state index is 0.835. The van der Waals surface area contributed by atoms with Gasteiger partial charge in [0.1, 0.15) is 0 Å². The van der Waals surface area contributed by atoms with E-state index in [-0.39, 0.29) is 0 Å². The molecule has 2 heteroatoms. The third-order valence-electron chi connectivity index (χ3n) is 3.27. The maximum Gasteiger partial charge on any atom is 0.0367 e. The van der Waals surface area contributed by atoms with E-state index < -0.39 is 0 Å². The molecule has 1 heterocycles. The molecule has 2 rings (SSSR count). The van der Waals surface area contributed by atoms with Gasteiger partial charge in [0.25, 0.3) is 0 Å². The molecule has 0 radical (unpaired) electrons. The number of piperidine rings is 1. The van der Waals surface area contributed by atoms with Crippen molar-refractivity contribution in [2.75, 3.05) is 29.9 Å². The van der Waals surface area contributed by atoms with Gasteiger partial charge in [0, 0.05) is 31.0 Å². The lowest BCUT2D eigenvalue weighted by molar-refractivity contribution is 0.447. The average Bonchev–Trinajstić information content (AvgIpc) is 2.30. The number of rotatable bonds is 3. The minimum Gasteiger partial charge on any atom is -0.385 e. The summed E-state index contributed by atoms with van der Waals surface area (Å²) in [4.78, 5) is 2.50.